The van der Waals surface area contributed by atoms with Crippen LogP contribution in [0.25, 0.3) is 0 Å². The number of hydrogen-bond donors (Lipinski definition) is 1. The largest absolute Gasteiger partial charge is 0.432 e. The Bertz CT molecular complexity index is 378. The first kappa shape index (κ1) is 11.4. The zero-order valence-corrected chi connectivity index (χ0v) is 11.0. The molecule has 2 fully saturated rings. The molecular weight excluding hydrogens is 234 g/mol. The quantitative estimate of drug-likeness (QED) is 0.887. The predicted molar refractivity (Wildman–Crippen MR) is 70.5 cm³/mol. The molecular formula is C12H19N3OS. The van der Waals surface area contributed by atoms with Crippen molar-refractivity contribution in [2.24, 2.45) is 0 Å². The summed E-state index contributed by atoms with van der Waals surface area (Å²) in [6.07, 6.45) is 4.41. The van der Waals surface area contributed by atoms with Gasteiger partial charge in [0.25, 0.3) is 6.01 Å². The molecule has 1 aromatic heterocycles. The fourth-order valence-corrected chi connectivity index (χ4v) is 3.07. The van der Waals surface area contributed by atoms with Crippen LogP contribution >= 0.6 is 11.8 Å². The van der Waals surface area contributed by atoms with Crippen molar-refractivity contribution in [3.05, 3.63) is 12.0 Å². The Morgan fingerprint density at radius 3 is 3.24 bits per heavy atom. The molecule has 4 nitrogen and oxygen atoms in total. The number of thioether (sulfide) groups is 1. The molecule has 0 aromatic carbocycles. The topological polar surface area (TPSA) is 41.3 Å². The number of nitrogens with zero attached hydrogens (tertiary/aromatic N) is 2. The normalized spacial score (nSPS) is 25.2. The first-order valence-electron chi connectivity index (χ1n) is 6.35. The Morgan fingerprint density at radius 1 is 1.59 bits per heavy atom. The third-order valence-corrected chi connectivity index (χ3v) is 4.49. The van der Waals surface area contributed by atoms with Crippen LogP contribution in [0.2, 0.25) is 0 Å². The number of rotatable bonds is 4. The highest BCUT2D eigenvalue weighted by atomic mass is 32.2. The summed E-state index contributed by atoms with van der Waals surface area (Å²) in [5.74, 6) is 2.33. The first-order valence-corrected chi connectivity index (χ1v) is 7.50. The highest BCUT2D eigenvalue weighted by Gasteiger charge is 2.24. The van der Waals surface area contributed by atoms with Gasteiger partial charge in [-0.25, -0.2) is 0 Å². The molecule has 1 aromatic rings. The van der Waals surface area contributed by atoms with Gasteiger partial charge in [0.1, 0.15) is 6.26 Å². The van der Waals surface area contributed by atoms with Crippen molar-refractivity contribution in [1.29, 1.82) is 0 Å². The molecule has 2 heterocycles. The minimum absolute atomic E-state index is 0.525. The summed E-state index contributed by atoms with van der Waals surface area (Å²) in [6.45, 7) is 4.12. The van der Waals surface area contributed by atoms with Crippen molar-refractivity contribution in [3.8, 4) is 0 Å². The summed E-state index contributed by atoms with van der Waals surface area (Å²) in [4.78, 5) is 6.85. The lowest BCUT2D eigenvalue weighted by molar-refractivity contribution is 0.515. The Balaban J connectivity index is 1.61. The lowest BCUT2D eigenvalue weighted by Crippen LogP contribution is -2.40. The second-order valence-corrected chi connectivity index (χ2v) is 6.04. The summed E-state index contributed by atoms with van der Waals surface area (Å²) in [6, 6.07) is 2.04. The van der Waals surface area contributed by atoms with Crippen LogP contribution < -0.4 is 10.2 Å². The van der Waals surface area contributed by atoms with Gasteiger partial charge in [0.2, 0.25) is 0 Å². The van der Waals surface area contributed by atoms with Crippen LogP contribution in [-0.4, -0.2) is 35.1 Å². The molecule has 1 aliphatic heterocycles. The second-order valence-electron chi connectivity index (χ2n) is 4.89. The Labute approximate surface area is 106 Å². The lowest BCUT2D eigenvalue weighted by atomic mass is 10.3. The zero-order valence-electron chi connectivity index (χ0n) is 10.2. The number of anilines is 1. The molecule has 94 valence electrons. The molecule has 0 spiro atoms. The smallest absolute Gasteiger partial charge is 0.297 e. The van der Waals surface area contributed by atoms with Crippen LogP contribution in [0.4, 0.5) is 6.01 Å². The fourth-order valence-electron chi connectivity index (χ4n) is 2.06. The summed E-state index contributed by atoms with van der Waals surface area (Å²) in [5.41, 5.74) is 1.03. The summed E-state index contributed by atoms with van der Waals surface area (Å²) in [7, 11) is 0. The van der Waals surface area contributed by atoms with E-state index in [9.17, 15) is 0 Å². The summed E-state index contributed by atoms with van der Waals surface area (Å²) < 4.78 is 5.59. The minimum Gasteiger partial charge on any atom is -0.432 e. The van der Waals surface area contributed by atoms with Gasteiger partial charge in [-0.2, -0.15) is 16.7 Å². The highest BCUT2D eigenvalue weighted by Crippen LogP contribution is 2.24. The summed E-state index contributed by atoms with van der Waals surface area (Å²) >= 11 is 2.01. The number of oxazole rings is 1. The van der Waals surface area contributed by atoms with E-state index in [1.54, 1.807) is 6.26 Å². The van der Waals surface area contributed by atoms with E-state index in [-0.39, 0.29) is 0 Å². The molecule has 1 unspecified atom stereocenters. The van der Waals surface area contributed by atoms with Crippen LogP contribution in [-0.2, 0) is 6.54 Å². The van der Waals surface area contributed by atoms with Gasteiger partial charge in [-0.15, -0.1) is 0 Å². The fraction of sp³-hybridized carbons (Fsp3) is 0.750. The number of aromatic nitrogens is 1. The van der Waals surface area contributed by atoms with Crippen molar-refractivity contribution < 1.29 is 4.42 Å². The van der Waals surface area contributed by atoms with E-state index >= 15 is 0 Å². The SMILES string of the molecule is CC1CSCCN1c1nc(CNC2CC2)co1. The van der Waals surface area contributed by atoms with Gasteiger partial charge in [0, 0.05) is 36.7 Å². The minimum atomic E-state index is 0.525. The third kappa shape index (κ3) is 2.77. The molecule has 2 aliphatic rings. The third-order valence-electron chi connectivity index (χ3n) is 3.30. The average molecular weight is 253 g/mol. The molecule has 1 saturated heterocycles. The molecule has 1 atom stereocenters. The van der Waals surface area contributed by atoms with E-state index in [0.717, 1.165) is 36.6 Å². The monoisotopic (exact) mass is 253 g/mol. The predicted octanol–water partition coefficient (Wildman–Crippen LogP) is 1.87. The molecule has 17 heavy (non-hydrogen) atoms. The van der Waals surface area contributed by atoms with Crippen molar-refractivity contribution in [2.75, 3.05) is 23.0 Å². The maximum absolute atomic E-state index is 5.59. The van der Waals surface area contributed by atoms with E-state index in [1.165, 1.54) is 18.6 Å². The van der Waals surface area contributed by atoms with Crippen LogP contribution in [0.5, 0.6) is 0 Å². The van der Waals surface area contributed by atoms with Crippen molar-refractivity contribution >= 4 is 17.8 Å². The maximum atomic E-state index is 5.59. The number of hydrogen-bond acceptors (Lipinski definition) is 5. The Kier molecular flexibility index (Phi) is 3.29. The van der Waals surface area contributed by atoms with Crippen molar-refractivity contribution in [2.45, 2.75) is 38.4 Å². The lowest BCUT2D eigenvalue weighted by Gasteiger charge is -2.31. The van der Waals surface area contributed by atoms with Gasteiger partial charge >= 0.3 is 0 Å². The van der Waals surface area contributed by atoms with E-state index in [4.69, 9.17) is 4.42 Å². The zero-order chi connectivity index (χ0) is 11.7. The summed E-state index contributed by atoms with van der Waals surface area (Å²) in [5, 5.41) is 3.46. The van der Waals surface area contributed by atoms with Gasteiger partial charge < -0.3 is 14.6 Å². The molecule has 0 amide bonds. The van der Waals surface area contributed by atoms with Gasteiger partial charge in [0.15, 0.2) is 0 Å². The Morgan fingerprint density at radius 2 is 2.47 bits per heavy atom. The van der Waals surface area contributed by atoms with E-state index < -0.39 is 0 Å². The molecule has 1 N–H and O–H groups in total. The van der Waals surface area contributed by atoms with Gasteiger partial charge in [-0.05, 0) is 19.8 Å². The van der Waals surface area contributed by atoms with Gasteiger partial charge in [-0.1, -0.05) is 0 Å². The average Bonchev–Trinajstić information content (AvgIpc) is 3.06. The van der Waals surface area contributed by atoms with Gasteiger partial charge in [-0.3, -0.25) is 0 Å². The Hall–Kier alpha value is -0.680. The van der Waals surface area contributed by atoms with Crippen molar-refractivity contribution in [3.63, 3.8) is 0 Å². The first-order chi connectivity index (χ1) is 8.33. The highest BCUT2D eigenvalue weighted by molar-refractivity contribution is 7.99. The molecule has 0 radical (unpaired) electrons. The van der Waals surface area contributed by atoms with E-state index in [1.807, 2.05) is 11.8 Å². The molecule has 1 saturated carbocycles. The molecule has 5 heteroatoms. The molecule has 3 rings (SSSR count). The van der Waals surface area contributed by atoms with E-state index in [0.29, 0.717) is 6.04 Å². The maximum Gasteiger partial charge on any atom is 0.297 e. The van der Waals surface area contributed by atoms with Crippen LogP contribution in [0.1, 0.15) is 25.5 Å². The van der Waals surface area contributed by atoms with Crippen LogP contribution in [0.15, 0.2) is 10.7 Å². The van der Waals surface area contributed by atoms with Crippen LogP contribution in [0.3, 0.4) is 0 Å². The van der Waals surface area contributed by atoms with Crippen molar-refractivity contribution in [1.82, 2.24) is 10.3 Å². The van der Waals surface area contributed by atoms with Crippen LogP contribution in [0, 0.1) is 0 Å². The molecule has 0 bridgehead atoms. The molecule has 1 aliphatic carbocycles. The van der Waals surface area contributed by atoms with Gasteiger partial charge in [0.05, 0.1) is 5.69 Å². The van der Waals surface area contributed by atoms with E-state index in [2.05, 4.69) is 22.1 Å². The standard InChI is InChI=1S/C12H19N3OS/c1-9-8-17-5-4-15(9)12-14-11(7-16-12)6-13-10-2-3-10/h7,9-10,13H,2-6,8H2,1H3. The number of nitrogens with one attached hydrogen (secondary N) is 1. The second kappa shape index (κ2) is 4.90.